The van der Waals surface area contributed by atoms with E-state index in [9.17, 15) is 0 Å². The highest BCUT2D eigenvalue weighted by atomic mass is 15.1. The predicted octanol–water partition coefficient (Wildman–Crippen LogP) is 3.45. The summed E-state index contributed by atoms with van der Waals surface area (Å²) in [6.45, 7) is 4.00. The molecule has 3 aromatic rings. The minimum absolute atomic E-state index is 1.02. The molecule has 0 unspecified atom stereocenters. The van der Waals surface area contributed by atoms with Crippen molar-refractivity contribution in [2.45, 2.75) is 0 Å². The van der Waals surface area contributed by atoms with Crippen LogP contribution in [0.15, 0.2) is 72.8 Å². The number of hydrogen-bond donors (Lipinski definition) is 1. The van der Waals surface area contributed by atoms with E-state index in [1.165, 1.54) is 27.6 Å². The van der Waals surface area contributed by atoms with Gasteiger partial charge in [-0.05, 0) is 51.4 Å². The molecule has 0 radical (unpaired) electrons. The first-order valence-electron chi connectivity index (χ1n) is 8.44. The molecule has 25 heavy (non-hydrogen) atoms. The normalized spacial score (nSPS) is 10.4. The molecule has 0 heterocycles. The fourth-order valence-electron chi connectivity index (χ4n) is 2.90. The average Bonchev–Trinajstić information content (AvgIpc) is 2.64. The van der Waals surface area contributed by atoms with E-state index in [4.69, 9.17) is 0 Å². The molecule has 0 aliphatic heterocycles. The molecule has 0 atom stereocenters. The minimum atomic E-state index is 1.02. The monoisotopic (exact) mass is 328 g/mol. The van der Waals surface area contributed by atoms with Crippen molar-refractivity contribution in [1.82, 2.24) is 0 Å². The lowest BCUT2D eigenvalue weighted by molar-refractivity contribution is 1.13. The maximum atomic E-state index is 4.00. The van der Waals surface area contributed by atoms with Gasteiger partial charge in [-0.15, -0.1) is 0 Å². The second kappa shape index (κ2) is 7.27. The van der Waals surface area contributed by atoms with Crippen molar-refractivity contribution >= 4 is 23.5 Å². The van der Waals surface area contributed by atoms with Gasteiger partial charge in [0.25, 0.3) is 0 Å². The molecular formula is C23H24N2. The van der Waals surface area contributed by atoms with E-state index in [2.05, 4.69) is 104 Å². The van der Waals surface area contributed by atoms with Crippen molar-refractivity contribution in [3.63, 3.8) is 0 Å². The number of anilines is 2. The minimum Gasteiger partial charge on any atom is -0.388 e. The Bertz CT molecular complexity index is 929. The van der Waals surface area contributed by atoms with Crippen molar-refractivity contribution in [1.29, 1.82) is 0 Å². The van der Waals surface area contributed by atoms with Crippen LogP contribution >= 0.6 is 0 Å². The lowest BCUT2D eigenvalue weighted by atomic mass is 9.95. The molecule has 3 rings (SSSR count). The third kappa shape index (κ3) is 3.74. The molecule has 0 aliphatic rings. The van der Waals surface area contributed by atoms with Crippen LogP contribution < -0.4 is 20.7 Å². The maximum absolute atomic E-state index is 4.00. The molecule has 0 saturated heterocycles. The summed E-state index contributed by atoms with van der Waals surface area (Å²) in [5, 5.41) is 5.40. The molecule has 0 aliphatic carbocycles. The summed E-state index contributed by atoms with van der Waals surface area (Å²) in [5.41, 5.74) is 5.95. The van der Waals surface area contributed by atoms with Crippen LogP contribution in [0.4, 0.5) is 11.4 Å². The van der Waals surface area contributed by atoms with E-state index in [0.717, 1.165) is 10.9 Å². The molecule has 0 bridgehead atoms. The standard InChI is InChI=1S/C23H24N2/c1-17-5-7-18(8-6-17)23(19-9-13-21(24-2)14-10-19)20-11-15-22(16-12-20)25(3)4/h5-16,24H,1H2,2-4H3. The zero-order chi connectivity index (χ0) is 17.8. The molecular weight excluding hydrogens is 304 g/mol. The van der Waals surface area contributed by atoms with E-state index in [1.54, 1.807) is 0 Å². The summed E-state index contributed by atoms with van der Waals surface area (Å²) in [6, 6.07) is 25.7. The lowest BCUT2D eigenvalue weighted by Gasteiger charge is -2.15. The van der Waals surface area contributed by atoms with Crippen LogP contribution in [0.25, 0.3) is 12.2 Å². The van der Waals surface area contributed by atoms with Gasteiger partial charge in [0.15, 0.2) is 0 Å². The molecule has 0 saturated carbocycles. The van der Waals surface area contributed by atoms with E-state index < -0.39 is 0 Å². The molecule has 0 amide bonds. The van der Waals surface area contributed by atoms with Crippen molar-refractivity contribution in [3.05, 3.63) is 94.4 Å². The van der Waals surface area contributed by atoms with Crippen LogP contribution in [0.3, 0.4) is 0 Å². The van der Waals surface area contributed by atoms with E-state index in [0.29, 0.717) is 0 Å². The van der Waals surface area contributed by atoms with Crippen LogP contribution in [0.2, 0.25) is 0 Å². The third-order valence-electron chi connectivity index (χ3n) is 4.38. The molecule has 2 heteroatoms. The number of benzene rings is 3. The Morgan fingerprint density at radius 3 is 1.76 bits per heavy atom. The van der Waals surface area contributed by atoms with Crippen LogP contribution in [0.5, 0.6) is 0 Å². The van der Waals surface area contributed by atoms with Gasteiger partial charge in [0.2, 0.25) is 0 Å². The van der Waals surface area contributed by atoms with Crippen LogP contribution in [-0.2, 0) is 0 Å². The molecule has 0 fully saturated rings. The fraction of sp³-hybridized carbons (Fsp3) is 0.130. The third-order valence-corrected chi connectivity index (χ3v) is 4.38. The number of nitrogens with one attached hydrogen (secondary N) is 1. The Morgan fingerprint density at radius 2 is 1.28 bits per heavy atom. The van der Waals surface area contributed by atoms with Gasteiger partial charge >= 0.3 is 0 Å². The Kier molecular flexibility index (Phi) is 4.90. The number of nitrogens with zero attached hydrogens (tertiary/aromatic N) is 1. The SMILES string of the molecule is C=c1ccc(=C(c2ccc(NC)cc2)c2ccc(N(C)C)cc2)cc1. The lowest BCUT2D eigenvalue weighted by Crippen LogP contribution is -2.12. The molecule has 0 aromatic heterocycles. The highest BCUT2D eigenvalue weighted by Crippen LogP contribution is 2.24. The van der Waals surface area contributed by atoms with Crippen molar-refractivity contribution in [2.24, 2.45) is 0 Å². The first-order valence-corrected chi connectivity index (χ1v) is 8.44. The summed E-state index contributed by atoms with van der Waals surface area (Å²) < 4.78 is 0. The fourth-order valence-corrected chi connectivity index (χ4v) is 2.90. The Morgan fingerprint density at radius 1 is 0.760 bits per heavy atom. The van der Waals surface area contributed by atoms with E-state index in [1.807, 2.05) is 7.05 Å². The Labute approximate surface area is 149 Å². The second-order valence-corrected chi connectivity index (χ2v) is 6.34. The highest BCUT2D eigenvalue weighted by molar-refractivity contribution is 5.80. The number of hydrogen-bond acceptors (Lipinski definition) is 2. The van der Waals surface area contributed by atoms with Crippen LogP contribution in [0, 0.1) is 0 Å². The Balaban J connectivity index is 2.20. The Hall–Kier alpha value is -3.00. The van der Waals surface area contributed by atoms with E-state index in [-0.39, 0.29) is 0 Å². The smallest absolute Gasteiger partial charge is 0.0361 e. The van der Waals surface area contributed by atoms with Gasteiger partial charge < -0.3 is 10.2 Å². The molecule has 1 N–H and O–H groups in total. The average molecular weight is 328 g/mol. The van der Waals surface area contributed by atoms with Crippen LogP contribution in [0.1, 0.15) is 11.1 Å². The summed E-state index contributed by atoms with van der Waals surface area (Å²) >= 11 is 0. The highest BCUT2D eigenvalue weighted by Gasteiger charge is 2.07. The molecule has 2 nitrogen and oxygen atoms in total. The summed E-state index contributed by atoms with van der Waals surface area (Å²) in [6.07, 6.45) is 0. The van der Waals surface area contributed by atoms with Crippen molar-refractivity contribution in [2.75, 3.05) is 31.4 Å². The van der Waals surface area contributed by atoms with E-state index >= 15 is 0 Å². The molecule has 126 valence electrons. The van der Waals surface area contributed by atoms with Gasteiger partial charge in [-0.1, -0.05) is 55.1 Å². The molecule has 0 spiro atoms. The van der Waals surface area contributed by atoms with Gasteiger partial charge in [0.05, 0.1) is 0 Å². The van der Waals surface area contributed by atoms with Gasteiger partial charge in [-0.2, -0.15) is 0 Å². The van der Waals surface area contributed by atoms with Gasteiger partial charge in [0.1, 0.15) is 0 Å². The summed E-state index contributed by atoms with van der Waals surface area (Å²) in [5.74, 6) is 0. The van der Waals surface area contributed by atoms with Gasteiger partial charge in [-0.25, -0.2) is 0 Å². The summed E-state index contributed by atoms with van der Waals surface area (Å²) in [4.78, 5) is 2.11. The number of rotatable bonds is 4. The molecule has 3 aromatic carbocycles. The van der Waals surface area contributed by atoms with Crippen molar-refractivity contribution < 1.29 is 0 Å². The van der Waals surface area contributed by atoms with Crippen LogP contribution in [-0.4, -0.2) is 21.1 Å². The first kappa shape index (κ1) is 16.8. The van der Waals surface area contributed by atoms with Gasteiger partial charge in [-0.3, -0.25) is 0 Å². The predicted molar refractivity (Wildman–Crippen MR) is 110 cm³/mol. The zero-order valence-corrected chi connectivity index (χ0v) is 15.1. The summed E-state index contributed by atoms with van der Waals surface area (Å²) in [7, 11) is 6.05. The van der Waals surface area contributed by atoms with Gasteiger partial charge in [0, 0.05) is 32.5 Å². The second-order valence-electron chi connectivity index (χ2n) is 6.34. The maximum Gasteiger partial charge on any atom is 0.0361 e. The van der Waals surface area contributed by atoms with Crippen molar-refractivity contribution in [3.8, 4) is 0 Å². The zero-order valence-electron chi connectivity index (χ0n) is 15.1. The largest absolute Gasteiger partial charge is 0.388 e. The first-order chi connectivity index (χ1) is 12.1. The quantitative estimate of drug-likeness (QED) is 0.789. The topological polar surface area (TPSA) is 15.3 Å².